The van der Waals surface area contributed by atoms with E-state index in [2.05, 4.69) is 29.2 Å². The lowest BCUT2D eigenvalue weighted by Crippen LogP contribution is -2.32. The molecule has 0 N–H and O–H groups in total. The fourth-order valence-electron chi connectivity index (χ4n) is 4.02. The number of rotatable bonds is 3. The molecule has 1 saturated heterocycles. The number of hydrogen-bond acceptors (Lipinski definition) is 5. The van der Waals surface area contributed by atoms with E-state index >= 15 is 0 Å². The maximum atomic E-state index is 6.30. The molecular formula is C21H21ClN2O2S. The number of benzene rings is 2. The normalized spacial score (nSPS) is 18.4. The Morgan fingerprint density at radius 1 is 1.19 bits per heavy atom. The molecule has 0 radical (unpaired) electrons. The SMILES string of the molecule is Clc1cc2c(c(CN3CCC(c4nc5ccccc5s4)CC3)c1)OCOC2. The smallest absolute Gasteiger partial charge is 0.189 e. The second-order valence-electron chi connectivity index (χ2n) is 7.23. The average molecular weight is 401 g/mol. The molecule has 0 aliphatic carbocycles. The molecule has 3 aromatic rings. The van der Waals surface area contributed by atoms with Crippen molar-refractivity contribution >= 4 is 33.2 Å². The number of fused-ring (bicyclic) bond motifs is 2. The van der Waals surface area contributed by atoms with Gasteiger partial charge in [0.25, 0.3) is 0 Å². The molecule has 0 bridgehead atoms. The van der Waals surface area contributed by atoms with Crippen LogP contribution in [-0.2, 0) is 17.9 Å². The highest BCUT2D eigenvalue weighted by Crippen LogP contribution is 2.36. The van der Waals surface area contributed by atoms with Crippen LogP contribution in [0, 0.1) is 0 Å². The Kier molecular flexibility index (Phi) is 4.78. The molecule has 2 aliphatic rings. The lowest BCUT2D eigenvalue weighted by molar-refractivity contribution is -0.0175. The van der Waals surface area contributed by atoms with Crippen LogP contribution in [0.15, 0.2) is 36.4 Å². The molecule has 140 valence electrons. The minimum Gasteiger partial charge on any atom is -0.467 e. The molecule has 2 aromatic carbocycles. The van der Waals surface area contributed by atoms with Crippen molar-refractivity contribution in [2.24, 2.45) is 0 Å². The molecule has 4 nitrogen and oxygen atoms in total. The van der Waals surface area contributed by atoms with E-state index in [1.807, 2.05) is 23.5 Å². The first-order valence-corrected chi connectivity index (χ1v) is 10.6. The van der Waals surface area contributed by atoms with Gasteiger partial charge in [-0.25, -0.2) is 4.98 Å². The topological polar surface area (TPSA) is 34.6 Å². The summed E-state index contributed by atoms with van der Waals surface area (Å²) in [4.78, 5) is 7.36. The second kappa shape index (κ2) is 7.40. The molecule has 0 unspecified atom stereocenters. The van der Waals surface area contributed by atoms with Crippen LogP contribution >= 0.6 is 22.9 Å². The van der Waals surface area contributed by atoms with Gasteiger partial charge in [0, 0.05) is 28.6 Å². The number of para-hydroxylation sites is 1. The zero-order valence-electron chi connectivity index (χ0n) is 15.0. The van der Waals surface area contributed by atoms with Crippen molar-refractivity contribution in [1.82, 2.24) is 9.88 Å². The van der Waals surface area contributed by atoms with Crippen molar-refractivity contribution in [2.45, 2.75) is 31.9 Å². The third kappa shape index (κ3) is 3.57. The van der Waals surface area contributed by atoms with Crippen molar-refractivity contribution in [3.8, 4) is 5.75 Å². The largest absolute Gasteiger partial charge is 0.467 e. The lowest BCUT2D eigenvalue weighted by Gasteiger charge is -2.32. The summed E-state index contributed by atoms with van der Waals surface area (Å²) in [6, 6.07) is 12.4. The highest BCUT2D eigenvalue weighted by molar-refractivity contribution is 7.18. The highest BCUT2D eigenvalue weighted by Gasteiger charge is 2.25. The fourth-order valence-corrected chi connectivity index (χ4v) is 5.42. The monoisotopic (exact) mass is 400 g/mol. The van der Waals surface area contributed by atoms with E-state index in [4.69, 9.17) is 26.1 Å². The van der Waals surface area contributed by atoms with Crippen LogP contribution in [0.25, 0.3) is 10.2 Å². The first-order valence-electron chi connectivity index (χ1n) is 9.36. The average Bonchev–Trinajstić information content (AvgIpc) is 3.13. The van der Waals surface area contributed by atoms with Crippen LogP contribution in [0.4, 0.5) is 0 Å². The van der Waals surface area contributed by atoms with Crippen molar-refractivity contribution in [3.05, 3.63) is 57.6 Å². The van der Waals surface area contributed by atoms with Crippen molar-refractivity contribution in [2.75, 3.05) is 19.9 Å². The van der Waals surface area contributed by atoms with Crippen molar-refractivity contribution in [3.63, 3.8) is 0 Å². The minimum absolute atomic E-state index is 0.321. The number of nitrogens with zero attached hydrogens (tertiary/aromatic N) is 2. The van der Waals surface area contributed by atoms with Gasteiger partial charge in [0.05, 0.1) is 21.8 Å². The van der Waals surface area contributed by atoms with Crippen LogP contribution in [0.5, 0.6) is 5.75 Å². The van der Waals surface area contributed by atoms with Crippen LogP contribution < -0.4 is 4.74 Å². The van der Waals surface area contributed by atoms with Crippen LogP contribution in [-0.4, -0.2) is 29.8 Å². The van der Waals surface area contributed by atoms with Gasteiger partial charge < -0.3 is 9.47 Å². The van der Waals surface area contributed by atoms with Gasteiger partial charge in [-0.3, -0.25) is 4.90 Å². The molecule has 0 saturated carbocycles. The maximum absolute atomic E-state index is 6.30. The summed E-state index contributed by atoms with van der Waals surface area (Å²) >= 11 is 8.15. The fraction of sp³-hybridized carbons (Fsp3) is 0.381. The van der Waals surface area contributed by atoms with Gasteiger partial charge >= 0.3 is 0 Å². The maximum Gasteiger partial charge on any atom is 0.189 e. The van der Waals surface area contributed by atoms with E-state index in [0.29, 0.717) is 19.3 Å². The molecule has 5 rings (SSSR count). The first kappa shape index (κ1) is 17.4. The number of aromatic nitrogens is 1. The molecule has 2 aliphatic heterocycles. The number of thiazole rings is 1. The Labute approximate surface area is 167 Å². The van der Waals surface area contributed by atoms with Crippen LogP contribution in [0.1, 0.15) is 34.9 Å². The summed E-state index contributed by atoms with van der Waals surface area (Å²) in [7, 11) is 0. The number of piperidine rings is 1. The summed E-state index contributed by atoms with van der Waals surface area (Å²) in [6.07, 6.45) is 2.29. The summed E-state index contributed by atoms with van der Waals surface area (Å²) in [5.41, 5.74) is 3.34. The Bertz CT molecular complexity index is 933. The summed E-state index contributed by atoms with van der Waals surface area (Å²) < 4.78 is 12.4. The van der Waals surface area contributed by atoms with Gasteiger partial charge in [-0.15, -0.1) is 11.3 Å². The Morgan fingerprint density at radius 3 is 2.89 bits per heavy atom. The molecule has 3 heterocycles. The Hall–Kier alpha value is -1.66. The summed E-state index contributed by atoms with van der Waals surface area (Å²) in [5.74, 6) is 1.52. The first-order chi connectivity index (χ1) is 13.3. The van der Waals surface area contributed by atoms with Gasteiger partial charge in [-0.05, 0) is 50.2 Å². The Morgan fingerprint density at radius 2 is 2.04 bits per heavy atom. The van der Waals surface area contributed by atoms with E-state index in [9.17, 15) is 0 Å². The standard InChI is InChI=1S/C21H21ClN2O2S/c22-17-9-15(20-16(10-17)12-25-13-26-20)11-24-7-5-14(6-8-24)21-23-18-3-1-2-4-19(18)27-21/h1-4,9-10,14H,5-8,11-13H2. The number of likely N-dealkylation sites (tertiary alicyclic amines) is 1. The third-order valence-corrected chi connectivity index (χ3v) is 6.81. The lowest BCUT2D eigenvalue weighted by atomic mass is 9.97. The van der Waals surface area contributed by atoms with Gasteiger partial charge in [-0.2, -0.15) is 0 Å². The molecule has 0 atom stereocenters. The molecule has 27 heavy (non-hydrogen) atoms. The van der Waals surface area contributed by atoms with E-state index < -0.39 is 0 Å². The van der Waals surface area contributed by atoms with Gasteiger partial charge in [0.1, 0.15) is 5.75 Å². The number of halogens is 1. The minimum atomic E-state index is 0.321. The zero-order chi connectivity index (χ0) is 18.2. The van der Waals surface area contributed by atoms with E-state index in [-0.39, 0.29) is 0 Å². The van der Waals surface area contributed by atoms with E-state index in [1.54, 1.807) is 0 Å². The van der Waals surface area contributed by atoms with Crippen molar-refractivity contribution in [1.29, 1.82) is 0 Å². The Balaban J connectivity index is 1.28. The van der Waals surface area contributed by atoms with E-state index in [1.165, 1.54) is 15.3 Å². The van der Waals surface area contributed by atoms with Crippen LogP contribution in [0.3, 0.4) is 0 Å². The van der Waals surface area contributed by atoms with Crippen LogP contribution in [0.2, 0.25) is 5.02 Å². The second-order valence-corrected chi connectivity index (χ2v) is 8.73. The molecule has 6 heteroatoms. The summed E-state index contributed by atoms with van der Waals surface area (Å²) in [6.45, 7) is 3.90. The quantitative estimate of drug-likeness (QED) is 0.605. The zero-order valence-corrected chi connectivity index (χ0v) is 16.6. The third-order valence-electron chi connectivity index (χ3n) is 5.39. The van der Waals surface area contributed by atoms with Crippen molar-refractivity contribution < 1.29 is 9.47 Å². The van der Waals surface area contributed by atoms with Gasteiger partial charge in [0.15, 0.2) is 6.79 Å². The van der Waals surface area contributed by atoms with E-state index in [0.717, 1.165) is 54.3 Å². The molecule has 0 spiro atoms. The molecule has 1 aromatic heterocycles. The predicted octanol–water partition coefficient (Wildman–Crippen LogP) is 5.20. The van der Waals surface area contributed by atoms with Gasteiger partial charge in [-0.1, -0.05) is 23.7 Å². The highest BCUT2D eigenvalue weighted by atomic mass is 35.5. The summed E-state index contributed by atoms with van der Waals surface area (Å²) in [5, 5.41) is 2.04. The van der Waals surface area contributed by atoms with Gasteiger partial charge in [0.2, 0.25) is 0 Å². The number of hydrogen-bond donors (Lipinski definition) is 0. The molecule has 0 amide bonds. The molecular weight excluding hydrogens is 380 g/mol. The number of ether oxygens (including phenoxy) is 2. The molecule has 1 fully saturated rings. The predicted molar refractivity (Wildman–Crippen MR) is 109 cm³/mol.